The van der Waals surface area contributed by atoms with Crippen LogP contribution < -0.4 is 5.32 Å². The van der Waals surface area contributed by atoms with Crippen molar-refractivity contribution in [1.82, 2.24) is 14.1 Å². The third-order valence-electron chi connectivity index (χ3n) is 4.43. The fraction of sp³-hybridized carbons (Fsp3) is 0.375. The number of sulfonamides is 1. The summed E-state index contributed by atoms with van der Waals surface area (Å²) in [5.41, 5.74) is -1.24. The molecule has 0 saturated carbocycles. The van der Waals surface area contributed by atoms with Crippen molar-refractivity contribution in [3.8, 4) is 0 Å². The molecule has 1 atom stereocenters. The van der Waals surface area contributed by atoms with Crippen molar-refractivity contribution in [2.45, 2.75) is 17.7 Å². The van der Waals surface area contributed by atoms with Crippen molar-refractivity contribution in [3.63, 3.8) is 0 Å². The van der Waals surface area contributed by atoms with Crippen molar-refractivity contribution in [3.05, 3.63) is 41.7 Å². The summed E-state index contributed by atoms with van der Waals surface area (Å²) in [6, 6.07) is 0.0309. The van der Waals surface area contributed by atoms with E-state index in [0.717, 1.165) is 4.31 Å². The average molecular weight is 420 g/mol. The van der Waals surface area contributed by atoms with E-state index in [1.165, 1.54) is 17.1 Å². The van der Waals surface area contributed by atoms with Crippen LogP contribution in [-0.4, -0.2) is 41.5 Å². The number of aryl methyl sites for hydroxylation is 1. The number of nitrogens with zero attached hydrogens (tertiary/aromatic N) is 3. The van der Waals surface area contributed by atoms with E-state index in [1.54, 1.807) is 7.05 Å². The number of carbonyl (C=O) groups excluding carboxylic acids is 1. The van der Waals surface area contributed by atoms with Crippen LogP contribution in [0.25, 0.3) is 0 Å². The molecule has 0 radical (unpaired) electrons. The van der Waals surface area contributed by atoms with E-state index >= 15 is 0 Å². The van der Waals surface area contributed by atoms with E-state index in [4.69, 9.17) is 0 Å². The van der Waals surface area contributed by atoms with Crippen molar-refractivity contribution in [2.75, 3.05) is 18.4 Å². The molecule has 1 aromatic heterocycles. The second-order valence-electron chi connectivity index (χ2n) is 6.38. The predicted molar refractivity (Wildman–Crippen MR) is 89.6 cm³/mol. The smallest absolute Gasteiger partial charge is 0.246 e. The third-order valence-corrected chi connectivity index (χ3v) is 6.25. The molecule has 1 aromatic carbocycles. The number of hydrogen-bond acceptors (Lipinski definition) is 4. The Hall–Kier alpha value is -2.47. The van der Waals surface area contributed by atoms with Gasteiger partial charge in [0.1, 0.15) is 10.6 Å². The van der Waals surface area contributed by atoms with Crippen molar-refractivity contribution < 1.29 is 30.8 Å². The molecule has 152 valence electrons. The van der Waals surface area contributed by atoms with Gasteiger partial charge in [-0.25, -0.2) is 26.0 Å². The van der Waals surface area contributed by atoms with Gasteiger partial charge in [-0.2, -0.15) is 9.40 Å². The number of anilines is 1. The lowest BCUT2D eigenvalue weighted by atomic mass is 9.98. The number of rotatable bonds is 4. The van der Waals surface area contributed by atoms with Gasteiger partial charge in [0, 0.05) is 32.4 Å². The molecule has 0 aliphatic carbocycles. The Morgan fingerprint density at radius 2 is 1.86 bits per heavy atom. The molecule has 2 aromatic rings. The highest BCUT2D eigenvalue weighted by molar-refractivity contribution is 7.89. The Labute approximate surface area is 158 Å². The van der Waals surface area contributed by atoms with Crippen molar-refractivity contribution in [1.29, 1.82) is 0 Å². The first-order valence-corrected chi connectivity index (χ1v) is 9.68. The Balaban J connectivity index is 1.79. The number of piperidine rings is 1. The lowest BCUT2D eigenvalue weighted by Gasteiger charge is -2.30. The maximum absolute atomic E-state index is 13.7. The molecule has 28 heavy (non-hydrogen) atoms. The standard InChI is InChI=1S/C16H16F4N4O3S/c1-23-8-10(6-21-23)28(26,27)24-4-2-3-9(7-24)16(25)22-15-13(19)11(17)5-12(18)14(15)20/h5-6,8-9H,2-4,7H2,1H3,(H,22,25). The minimum Gasteiger partial charge on any atom is -0.321 e. The first-order valence-electron chi connectivity index (χ1n) is 8.24. The second kappa shape index (κ2) is 7.51. The summed E-state index contributed by atoms with van der Waals surface area (Å²) < 4.78 is 81.7. The molecule has 1 saturated heterocycles. The van der Waals surface area contributed by atoms with Gasteiger partial charge in [0.15, 0.2) is 23.3 Å². The minimum atomic E-state index is -3.91. The summed E-state index contributed by atoms with van der Waals surface area (Å²) in [5, 5.41) is 5.64. The summed E-state index contributed by atoms with van der Waals surface area (Å²) in [4.78, 5) is 12.3. The van der Waals surface area contributed by atoms with Gasteiger partial charge < -0.3 is 5.32 Å². The maximum atomic E-state index is 13.7. The molecular weight excluding hydrogens is 404 g/mol. The topological polar surface area (TPSA) is 84.3 Å². The van der Waals surface area contributed by atoms with Crippen LogP contribution in [0.2, 0.25) is 0 Å². The minimum absolute atomic E-state index is 0.0309. The number of benzene rings is 1. The van der Waals surface area contributed by atoms with Gasteiger partial charge in [-0.05, 0) is 12.8 Å². The maximum Gasteiger partial charge on any atom is 0.246 e. The van der Waals surface area contributed by atoms with Gasteiger partial charge in [0.05, 0.1) is 12.1 Å². The molecule has 1 fully saturated rings. The van der Waals surface area contributed by atoms with Gasteiger partial charge in [0.2, 0.25) is 15.9 Å². The van der Waals surface area contributed by atoms with Crippen molar-refractivity contribution in [2.24, 2.45) is 13.0 Å². The Morgan fingerprint density at radius 1 is 1.21 bits per heavy atom. The fourth-order valence-corrected chi connectivity index (χ4v) is 4.47. The molecule has 12 heteroatoms. The van der Waals surface area contributed by atoms with Crippen LogP contribution in [0.4, 0.5) is 23.2 Å². The molecule has 1 aliphatic heterocycles. The molecule has 1 amide bonds. The Morgan fingerprint density at radius 3 is 2.43 bits per heavy atom. The zero-order chi connectivity index (χ0) is 20.6. The van der Waals surface area contributed by atoms with E-state index < -0.39 is 50.8 Å². The average Bonchev–Trinajstić information content (AvgIpc) is 3.11. The molecule has 0 spiro atoms. The van der Waals surface area contributed by atoms with Crippen LogP contribution in [0.15, 0.2) is 23.4 Å². The predicted octanol–water partition coefficient (Wildman–Crippen LogP) is 2.02. The Bertz CT molecular complexity index is 999. The van der Waals surface area contributed by atoms with Gasteiger partial charge in [0.25, 0.3) is 0 Å². The van der Waals surface area contributed by atoms with Crippen LogP contribution >= 0.6 is 0 Å². The third kappa shape index (κ3) is 3.74. The van der Waals surface area contributed by atoms with E-state index in [1.807, 2.05) is 5.32 Å². The molecule has 1 N–H and O–H groups in total. The van der Waals surface area contributed by atoms with E-state index in [9.17, 15) is 30.8 Å². The highest BCUT2D eigenvalue weighted by atomic mass is 32.2. The van der Waals surface area contributed by atoms with Gasteiger partial charge in [-0.1, -0.05) is 0 Å². The number of amides is 1. The van der Waals surface area contributed by atoms with Crippen LogP contribution in [0.5, 0.6) is 0 Å². The molecule has 3 rings (SSSR count). The Kier molecular flexibility index (Phi) is 5.44. The largest absolute Gasteiger partial charge is 0.321 e. The number of nitrogens with one attached hydrogen (secondary N) is 1. The highest BCUT2D eigenvalue weighted by Gasteiger charge is 2.34. The summed E-state index contributed by atoms with van der Waals surface area (Å²) in [7, 11) is -2.36. The van der Waals surface area contributed by atoms with Crippen LogP contribution in [0.3, 0.4) is 0 Å². The SMILES string of the molecule is Cn1cc(S(=O)(=O)N2CCCC(C(=O)Nc3c(F)c(F)cc(F)c3F)C2)cn1. The zero-order valence-electron chi connectivity index (χ0n) is 14.6. The summed E-state index contributed by atoms with van der Waals surface area (Å²) in [6.07, 6.45) is 3.03. The molecule has 1 aliphatic rings. The molecular formula is C16H16F4N4O3S. The van der Waals surface area contributed by atoms with E-state index in [0.29, 0.717) is 6.42 Å². The van der Waals surface area contributed by atoms with Crippen LogP contribution in [0, 0.1) is 29.2 Å². The summed E-state index contributed by atoms with van der Waals surface area (Å²) in [5.74, 6) is -8.66. The van der Waals surface area contributed by atoms with Crippen LogP contribution in [-0.2, 0) is 21.9 Å². The lowest BCUT2D eigenvalue weighted by Crippen LogP contribution is -2.43. The monoisotopic (exact) mass is 420 g/mol. The number of aromatic nitrogens is 2. The van der Waals surface area contributed by atoms with Crippen molar-refractivity contribution >= 4 is 21.6 Å². The number of carbonyl (C=O) groups is 1. The lowest BCUT2D eigenvalue weighted by molar-refractivity contribution is -0.120. The van der Waals surface area contributed by atoms with Gasteiger partial charge in [-0.3, -0.25) is 9.48 Å². The first-order chi connectivity index (χ1) is 13.1. The molecule has 0 bridgehead atoms. The first kappa shape index (κ1) is 20.3. The van der Waals surface area contributed by atoms with Crippen LogP contribution in [0.1, 0.15) is 12.8 Å². The molecule has 2 heterocycles. The van der Waals surface area contributed by atoms with Gasteiger partial charge in [-0.15, -0.1) is 0 Å². The molecule has 7 nitrogen and oxygen atoms in total. The second-order valence-corrected chi connectivity index (χ2v) is 8.32. The fourth-order valence-electron chi connectivity index (χ4n) is 2.96. The quantitative estimate of drug-likeness (QED) is 0.606. The normalized spacial score (nSPS) is 18.2. The van der Waals surface area contributed by atoms with E-state index in [2.05, 4.69) is 5.10 Å². The number of hydrogen-bond donors (Lipinski definition) is 1. The molecule has 1 unspecified atom stereocenters. The highest BCUT2D eigenvalue weighted by Crippen LogP contribution is 2.27. The number of halogens is 4. The van der Waals surface area contributed by atoms with Gasteiger partial charge >= 0.3 is 0 Å². The zero-order valence-corrected chi connectivity index (χ0v) is 15.4. The summed E-state index contributed by atoms with van der Waals surface area (Å²) in [6.45, 7) is -0.0948. The summed E-state index contributed by atoms with van der Waals surface area (Å²) >= 11 is 0. The van der Waals surface area contributed by atoms with E-state index in [-0.39, 0.29) is 30.5 Å².